The molecular formula is C17H26N4. The maximum atomic E-state index is 6.39. The zero-order valence-electron chi connectivity index (χ0n) is 13.6. The van der Waals surface area contributed by atoms with Gasteiger partial charge in [0.05, 0.1) is 6.20 Å². The van der Waals surface area contributed by atoms with Crippen LogP contribution in [0, 0.1) is 12.3 Å². The van der Waals surface area contributed by atoms with Gasteiger partial charge in [-0.15, -0.1) is 0 Å². The Balaban J connectivity index is 1.86. The van der Waals surface area contributed by atoms with Gasteiger partial charge in [0.2, 0.25) is 0 Å². The first-order chi connectivity index (χ1) is 9.85. The molecule has 1 unspecified atom stereocenters. The fraction of sp³-hybridized carbons (Fsp3) is 0.588. The van der Waals surface area contributed by atoms with Crippen LogP contribution in [0.5, 0.6) is 0 Å². The van der Waals surface area contributed by atoms with Crippen LogP contribution in [-0.2, 0) is 26.4 Å². The molecule has 2 aromatic rings. The van der Waals surface area contributed by atoms with Crippen molar-refractivity contribution in [1.29, 1.82) is 0 Å². The average Bonchev–Trinajstić information content (AvgIpc) is 2.90. The Labute approximate surface area is 126 Å². The summed E-state index contributed by atoms with van der Waals surface area (Å²) in [6, 6.07) is 2.47. The second kappa shape index (κ2) is 5.02. The highest BCUT2D eigenvalue weighted by Crippen LogP contribution is 2.40. The van der Waals surface area contributed by atoms with E-state index in [9.17, 15) is 0 Å². The topological polar surface area (TPSA) is 48.8 Å². The Hall–Kier alpha value is -1.55. The smallest absolute Gasteiger partial charge is 0.0522 e. The number of rotatable bonds is 3. The lowest BCUT2D eigenvalue weighted by Crippen LogP contribution is -2.30. The van der Waals surface area contributed by atoms with Gasteiger partial charge in [0.15, 0.2) is 0 Å². The summed E-state index contributed by atoms with van der Waals surface area (Å²) in [5, 5.41) is 4.25. The average molecular weight is 286 g/mol. The molecule has 114 valence electrons. The summed E-state index contributed by atoms with van der Waals surface area (Å²) in [5.74, 6) is 0. The van der Waals surface area contributed by atoms with Gasteiger partial charge in [0.1, 0.15) is 0 Å². The zero-order chi connectivity index (χ0) is 15.2. The molecule has 0 aromatic carbocycles. The van der Waals surface area contributed by atoms with Crippen molar-refractivity contribution < 1.29 is 0 Å². The highest BCUT2D eigenvalue weighted by atomic mass is 15.2. The van der Waals surface area contributed by atoms with Crippen LogP contribution >= 0.6 is 0 Å². The molecule has 2 aromatic heterocycles. The minimum Gasteiger partial charge on any atom is -0.348 e. The first-order valence-corrected chi connectivity index (χ1v) is 7.78. The molecule has 1 aliphatic carbocycles. The largest absolute Gasteiger partial charge is 0.348 e. The van der Waals surface area contributed by atoms with Crippen molar-refractivity contribution in [3.63, 3.8) is 0 Å². The van der Waals surface area contributed by atoms with Crippen LogP contribution < -0.4 is 5.73 Å². The van der Waals surface area contributed by atoms with E-state index in [4.69, 9.17) is 5.73 Å². The second-order valence-electron chi connectivity index (χ2n) is 7.26. The van der Waals surface area contributed by atoms with E-state index in [1.807, 2.05) is 17.9 Å². The highest BCUT2D eigenvalue weighted by molar-refractivity contribution is 5.34. The standard InChI is InChI=1S/C17H26N4/c1-12-7-14-15(18)8-17(2,3)9-16(14)21(12)6-5-13-10-19-20(4)11-13/h7,10-11,15H,5-6,8-9,18H2,1-4H3. The summed E-state index contributed by atoms with van der Waals surface area (Å²) in [6.07, 6.45) is 7.27. The molecule has 0 saturated heterocycles. The minimum absolute atomic E-state index is 0.182. The predicted octanol–water partition coefficient (Wildman–Crippen LogP) is 2.74. The third-order valence-corrected chi connectivity index (χ3v) is 4.65. The van der Waals surface area contributed by atoms with Gasteiger partial charge < -0.3 is 10.3 Å². The molecule has 2 heterocycles. The van der Waals surface area contributed by atoms with Gasteiger partial charge >= 0.3 is 0 Å². The van der Waals surface area contributed by atoms with Crippen LogP contribution in [0.3, 0.4) is 0 Å². The van der Waals surface area contributed by atoms with E-state index in [0.717, 1.165) is 25.8 Å². The van der Waals surface area contributed by atoms with Gasteiger partial charge in [0, 0.05) is 37.2 Å². The van der Waals surface area contributed by atoms with Crippen molar-refractivity contribution >= 4 is 0 Å². The van der Waals surface area contributed by atoms with Crippen molar-refractivity contribution in [2.45, 2.75) is 52.6 Å². The van der Waals surface area contributed by atoms with Crippen molar-refractivity contribution in [2.24, 2.45) is 18.2 Å². The van der Waals surface area contributed by atoms with Crippen LogP contribution in [0.4, 0.5) is 0 Å². The number of aryl methyl sites for hydroxylation is 3. The summed E-state index contributed by atoms with van der Waals surface area (Å²) < 4.78 is 4.33. The number of aromatic nitrogens is 3. The minimum atomic E-state index is 0.182. The number of nitrogens with two attached hydrogens (primary N) is 1. The summed E-state index contributed by atoms with van der Waals surface area (Å²) >= 11 is 0. The van der Waals surface area contributed by atoms with Gasteiger partial charge in [-0.3, -0.25) is 4.68 Å². The van der Waals surface area contributed by atoms with Crippen LogP contribution in [0.1, 0.15) is 48.8 Å². The van der Waals surface area contributed by atoms with Gasteiger partial charge in [-0.2, -0.15) is 5.10 Å². The molecule has 2 N–H and O–H groups in total. The van der Waals surface area contributed by atoms with Gasteiger partial charge in [0.25, 0.3) is 0 Å². The van der Waals surface area contributed by atoms with Crippen LogP contribution in [-0.4, -0.2) is 14.3 Å². The fourth-order valence-electron chi connectivity index (χ4n) is 3.66. The third kappa shape index (κ3) is 2.77. The summed E-state index contributed by atoms with van der Waals surface area (Å²) in [5.41, 5.74) is 12.1. The van der Waals surface area contributed by atoms with Gasteiger partial charge in [-0.1, -0.05) is 13.8 Å². The number of fused-ring (bicyclic) bond motifs is 1. The Morgan fingerprint density at radius 2 is 2.19 bits per heavy atom. The summed E-state index contributed by atoms with van der Waals surface area (Å²) in [7, 11) is 1.97. The Morgan fingerprint density at radius 3 is 2.86 bits per heavy atom. The van der Waals surface area contributed by atoms with Crippen molar-refractivity contribution in [3.05, 3.63) is 41.0 Å². The monoisotopic (exact) mass is 286 g/mol. The zero-order valence-corrected chi connectivity index (χ0v) is 13.6. The van der Waals surface area contributed by atoms with Crippen molar-refractivity contribution in [3.8, 4) is 0 Å². The molecule has 0 aliphatic heterocycles. The molecule has 1 atom stereocenters. The molecule has 4 heteroatoms. The Bertz CT molecular complexity index is 648. The normalized spacial score (nSPS) is 20.5. The molecular weight excluding hydrogens is 260 g/mol. The second-order valence-corrected chi connectivity index (χ2v) is 7.26. The lowest BCUT2D eigenvalue weighted by Gasteiger charge is -2.34. The summed E-state index contributed by atoms with van der Waals surface area (Å²) in [6.45, 7) is 7.85. The molecule has 0 spiro atoms. The Morgan fingerprint density at radius 1 is 1.43 bits per heavy atom. The molecule has 0 saturated carbocycles. The predicted molar refractivity (Wildman–Crippen MR) is 85.1 cm³/mol. The molecule has 0 amide bonds. The first-order valence-electron chi connectivity index (χ1n) is 7.78. The lowest BCUT2D eigenvalue weighted by molar-refractivity contribution is 0.275. The molecule has 0 radical (unpaired) electrons. The van der Waals surface area contributed by atoms with E-state index >= 15 is 0 Å². The highest BCUT2D eigenvalue weighted by Gasteiger charge is 2.33. The van der Waals surface area contributed by atoms with Crippen LogP contribution in [0.25, 0.3) is 0 Å². The number of hydrogen-bond donors (Lipinski definition) is 1. The maximum absolute atomic E-state index is 6.39. The maximum Gasteiger partial charge on any atom is 0.0522 e. The third-order valence-electron chi connectivity index (χ3n) is 4.65. The van der Waals surface area contributed by atoms with Gasteiger partial charge in [-0.25, -0.2) is 0 Å². The fourth-order valence-corrected chi connectivity index (χ4v) is 3.66. The van der Waals surface area contributed by atoms with E-state index in [0.29, 0.717) is 5.41 Å². The van der Waals surface area contributed by atoms with E-state index in [-0.39, 0.29) is 6.04 Å². The number of nitrogens with zero attached hydrogens (tertiary/aromatic N) is 3. The first kappa shape index (κ1) is 14.4. The van der Waals surface area contributed by atoms with E-state index in [1.54, 1.807) is 0 Å². The lowest BCUT2D eigenvalue weighted by atomic mass is 9.74. The molecule has 0 bridgehead atoms. The van der Waals surface area contributed by atoms with E-state index < -0.39 is 0 Å². The molecule has 3 rings (SSSR count). The quantitative estimate of drug-likeness (QED) is 0.943. The van der Waals surface area contributed by atoms with E-state index in [1.165, 1.54) is 22.5 Å². The SMILES string of the molecule is Cc1cc2c(n1CCc1cnn(C)c1)CC(C)(C)CC2N. The van der Waals surface area contributed by atoms with Gasteiger partial charge in [-0.05, 0) is 48.8 Å². The van der Waals surface area contributed by atoms with Crippen molar-refractivity contribution in [1.82, 2.24) is 14.3 Å². The molecule has 1 aliphatic rings. The van der Waals surface area contributed by atoms with Crippen molar-refractivity contribution in [2.75, 3.05) is 0 Å². The molecule has 21 heavy (non-hydrogen) atoms. The summed E-state index contributed by atoms with van der Waals surface area (Å²) in [4.78, 5) is 0. The Kier molecular flexibility index (Phi) is 3.44. The number of hydrogen-bond acceptors (Lipinski definition) is 2. The van der Waals surface area contributed by atoms with E-state index in [2.05, 4.69) is 42.7 Å². The molecule has 0 fully saturated rings. The van der Waals surface area contributed by atoms with Crippen LogP contribution in [0.15, 0.2) is 18.5 Å². The molecule has 4 nitrogen and oxygen atoms in total. The van der Waals surface area contributed by atoms with Crippen LogP contribution in [0.2, 0.25) is 0 Å².